The maximum absolute atomic E-state index is 13.2. The molecule has 4 aromatic heterocycles. The molecule has 0 atom stereocenters. The number of fused-ring (bicyclic) bond motifs is 2. The molecule has 0 amide bonds. The highest BCUT2D eigenvalue weighted by Crippen LogP contribution is 2.35. The van der Waals surface area contributed by atoms with E-state index in [0.29, 0.717) is 25.5 Å². The van der Waals surface area contributed by atoms with Gasteiger partial charge in [0.15, 0.2) is 5.82 Å². The van der Waals surface area contributed by atoms with Gasteiger partial charge < -0.3 is 14.2 Å². The van der Waals surface area contributed by atoms with Crippen molar-refractivity contribution in [1.82, 2.24) is 39.5 Å². The van der Waals surface area contributed by atoms with E-state index in [-0.39, 0.29) is 24.9 Å². The Balaban J connectivity index is 1.44. The Kier molecular flexibility index (Phi) is 5.60. The quantitative estimate of drug-likeness (QED) is 0.399. The summed E-state index contributed by atoms with van der Waals surface area (Å²) >= 11 is 1.57. The summed E-state index contributed by atoms with van der Waals surface area (Å²) in [6.07, 6.45) is 0.397. The second-order valence-corrected chi connectivity index (χ2v) is 8.64. The van der Waals surface area contributed by atoms with E-state index in [0.717, 1.165) is 27.6 Å². The summed E-state index contributed by atoms with van der Waals surface area (Å²) < 4.78 is 48.2. The highest BCUT2D eigenvalue weighted by molar-refractivity contribution is 7.18. The molecule has 33 heavy (non-hydrogen) atoms. The van der Waals surface area contributed by atoms with E-state index >= 15 is 0 Å². The van der Waals surface area contributed by atoms with Crippen molar-refractivity contribution < 1.29 is 17.9 Å². The topological polar surface area (TPSA) is 99.7 Å². The molecule has 0 saturated carbocycles. The zero-order chi connectivity index (χ0) is 23.0. The van der Waals surface area contributed by atoms with Gasteiger partial charge in [0.25, 0.3) is 0 Å². The minimum absolute atomic E-state index is 0.108. The van der Waals surface area contributed by atoms with Gasteiger partial charge in [-0.3, -0.25) is 0 Å². The summed E-state index contributed by atoms with van der Waals surface area (Å²) in [7, 11) is 0. The van der Waals surface area contributed by atoms with E-state index in [9.17, 15) is 13.2 Å². The second kappa shape index (κ2) is 8.57. The fourth-order valence-electron chi connectivity index (χ4n) is 3.74. The third-order valence-electron chi connectivity index (χ3n) is 5.22. The average molecular weight is 479 g/mol. The molecular weight excluding hydrogens is 459 g/mol. The van der Waals surface area contributed by atoms with Gasteiger partial charge in [0, 0.05) is 18.0 Å². The summed E-state index contributed by atoms with van der Waals surface area (Å²) in [5, 5.41) is 12.0. The van der Waals surface area contributed by atoms with Gasteiger partial charge in [-0.25, -0.2) is 9.67 Å². The Hall–Kier alpha value is -3.29. The van der Waals surface area contributed by atoms with Crippen LogP contribution in [-0.2, 0) is 32.2 Å². The molecule has 0 N–H and O–H groups in total. The minimum Gasteiger partial charge on any atom is -0.461 e. The molecule has 10 nitrogen and oxygen atoms in total. The first kappa shape index (κ1) is 21.6. The third-order valence-corrected chi connectivity index (χ3v) is 6.31. The number of aromatic nitrogens is 8. The maximum atomic E-state index is 13.2. The van der Waals surface area contributed by atoms with E-state index in [1.54, 1.807) is 22.3 Å². The monoisotopic (exact) mass is 479 g/mol. The van der Waals surface area contributed by atoms with Gasteiger partial charge in [-0.15, -0.1) is 21.5 Å². The predicted octanol–water partition coefficient (Wildman–Crippen LogP) is 2.94. The molecule has 0 aromatic carbocycles. The minimum atomic E-state index is -4.54. The number of thiophene rings is 1. The molecule has 1 aliphatic heterocycles. The molecule has 5 rings (SSSR count). The average Bonchev–Trinajstić information content (AvgIpc) is 3.51. The lowest BCUT2D eigenvalue weighted by atomic mass is 10.2. The van der Waals surface area contributed by atoms with Crippen molar-refractivity contribution in [1.29, 1.82) is 0 Å². The van der Waals surface area contributed by atoms with Gasteiger partial charge in [-0.05, 0) is 12.5 Å². The van der Waals surface area contributed by atoms with Gasteiger partial charge in [0.05, 0.1) is 18.5 Å². The molecule has 4 aromatic rings. The Labute approximate surface area is 190 Å². The summed E-state index contributed by atoms with van der Waals surface area (Å²) in [6.45, 7) is 3.48. The van der Waals surface area contributed by atoms with E-state index in [1.807, 2.05) is 4.90 Å². The fraction of sp³-hybridized carbons (Fsp3) is 0.474. The zero-order valence-electron chi connectivity index (χ0n) is 17.7. The number of aryl methyl sites for hydroxylation is 1. The maximum Gasteiger partial charge on any atom is 0.451 e. The molecule has 14 heteroatoms. The van der Waals surface area contributed by atoms with Crippen LogP contribution in [0.2, 0.25) is 0 Å². The van der Waals surface area contributed by atoms with E-state index in [2.05, 4.69) is 43.2 Å². The van der Waals surface area contributed by atoms with Crippen LogP contribution in [-0.4, -0.2) is 52.6 Å². The summed E-state index contributed by atoms with van der Waals surface area (Å²) in [5.41, 5.74) is 0. The van der Waals surface area contributed by atoms with Crippen LogP contribution >= 0.6 is 11.3 Å². The van der Waals surface area contributed by atoms with Crippen LogP contribution in [0.4, 0.5) is 19.0 Å². The molecule has 0 spiro atoms. The van der Waals surface area contributed by atoms with Crippen LogP contribution in [0, 0.1) is 0 Å². The molecule has 5 heterocycles. The predicted molar refractivity (Wildman–Crippen MR) is 113 cm³/mol. The number of anilines is 1. The molecule has 0 radical (unpaired) electrons. The SMILES string of the molecule is CCCc1cc2c(N3CCn4c(nnc4C(F)(F)F)C3)nc(OCCn3cncn3)nc2s1. The zero-order valence-corrected chi connectivity index (χ0v) is 18.5. The van der Waals surface area contributed by atoms with Crippen LogP contribution < -0.4 is 9.64 Å². The first-order chi connectivity index (χ1) is 15.9. The molecule has 0 fully saturated rings. The number of nitrogens with zero attached hydrogens (tertiary/aromatic N) is 9. The second-order valence-electron chi connectivity index (χ2n) is 7.53. The van der Waals surface area contributed by atoms with E-state index in [1.165, 1.54) is 11.2 Å². The molecule has 1 aliphatic rings. The molecular formula is C19H20F3N9OS. The normalized spacial score (nSPS) is 14.1. The van der Waals surface area contributed by atoms with Crippen molar-refractivity contribution in [3.05, 3.63) is 35.2 Å². The molecule has 0 aliphatic carbocycles. The smallest absolute Gasteiger partial charge is 0.451 e. The number of hydrogen-bond donors (Lipinski definition) is 0. The van der Waals surface area contributed by atoms with Gasteiger partial charge in [0.1, 0.15) is 29.9 Å². The van der Waals surface area contributed by atoms with E-state index < -0.39 is 12.0 Å². The van der Waals surface area contributed by atoms with Crippen molar-refractivity contribution in [2.24, 2.45) is 0 Å². The summed E-state index contributed by atoms with van der Waals surface area (Å²) in [4.78, 5) is 16.9. The van der Waals surface area contributed by atoms with Gasteiger partial charge in [0.2, 0.25) is 5.82 Å². The lowest BCUT2D eigenvalue weighted by molar-refractivity contribution is -0.147. The number of hydrogen-bond acceptors (Lipinski definition) is 9. The molecule has 174 valence electrons. The Morgan fingerprint density at radius 1 is 1.18 bits per heavy atom. The number of ether oxygens (including phenoxy) is 1. The first-order valence-corrected chi connectivity index (χ1v) is 11.2. The van der Waals surface area contributed by atoms with Crippen molar-refractivity contribution in [3.8, 4) is 6.01 Å². The van der Waals surface area contributed by atoms with Gasteiger partial charge in [-0.2, -0.15) is 28.2 Å². The van der Waals surface area contributed by atoms with Crippen LogP contribution in [0.3, 0.4) is 0 Å². The fourth-order valence-corrected chi connectivity index (χ4v) is 4.85. The van der Waals surface area contributed by atoms with Crippen LogP contribution in [0.5, 0.6) is 6.01 Å². The first-order valence-electron chi connectivity index (χ1n) is 10.4. The Bertz CT molecular complexity index is 1250. The summed E-state index contributed by atoms with van der Waals surface area (Å²) in [5.74, 6) is -0.0990. The van der Waals surface area contributed by atoms with Crippen molar-refractivity contribution in [3.63, 3.8) is 0 Å². The Morgan fingerprint density at radius 3 is 2.82 bits per heavy atom. The highest BCUT2D eigenvalue weighted by Gasteiger charge is 2.39. The van der Waals surface area contributed by atoms with Crippen molar-refractivity contribution in [2.75, 3.05) is 18.1 Å². The van der Waals surface area contributed by atoms with Crippen molar-refractivity contribution >= 4 is 27.4 Å². The van der Waals surface area contributed by atoms with Crippen LogP contribution in [0.25, 0.3) is 10.2 Å². The van der Waals surface area contributed by atoms with Crippen LogP contribution in [0.15, 0.2) is 18.7 Å². The third kappa shape index (κ3) is 4.34. The molecule has 0 bridgehead atoms. The molecule has 0 saturated heterocycles. The number of rotatable bonds is 7. The molecule has 0 unspecified atom stereocenters. The lowest BCUT2D eigenvalue weighted by Gasteiger charge is -2.29. The number of halogens is 3. The Morgan fingerprint density at radius 2 is 2.06 bits per heavy atom. The standard InChI is InChI=1S/C19H20F3N9OS/c1-2-3-12-8-13-15(29-4-5-31-14(9-29)27-28-17(31)19(20,21)22)25-18(26-16(13)33-12)32-7-6-30-11-23-10-24-30/h8,10-11H,2-7,9H2,1H3. The van der Waals surface area contributed by atoms with Crippen molar-refractivity contribution in [2.45, 2.75) is 45.6 Å². The van der Waals surface area contributed by atoms with Gasteiger partial charge in [-0.1, -0.05) is 13.3 Å². The lowest BCUT2D eigenvalue weighted by Crippen LogP contribution is -2.36. The largest absolute Gasteiger partial charge is 0.461 e. The highest BCUT2D eigenvalue weighted by atomic mass is 32.1. The number of alkyl halides is 3. The van der Waals surface area contributed by atoms with Gasteiger partial charge >= 0.3 is 12.2 Å². The van der Waals surface area contributed by atoms with E-state index in [4.69, 9.17) is 4.74 Å². The summed E-state index contributed by atoms with van der Waals surface area (Å²) in [6, 6.07) is 2.27. The van der Waals surface area contributed by atoms with Crippen LogP contribution in [0.1, 0.15) is 29.9 Å².